The standard InChI is InChI=1S/C19H26F3N3OS/c20-19(21,22)14-25-7-1-2-17(13-25)23-18(26)16-5-3-15(4-6-16)12-24-8-10-27-11-9-24/h3-6,17H,1-2,7-14H2,(H,23,26). The van der Waals surface area contributed by atoms with E-state index >= 15 is 0 Å². The smallest absolute Gasteiger partial charge is 0.348 e. The van der Waals surface area contributed by atoms with E-state index in [2.05, 4.69) is 10.2 Å². The number of benzene rings is 1. The number of carbonyl (C=O) groups excluding carboxylic acids is 1. The van der Waals surface area contributed by atoms with Gasteiger partial charge in [0.25, 0.3) is 5.91 Å². The largest absolute Gasteiger partial charge is 0.401 e. The van der Waals surface area contributed by atoms with Gasteiger partial charge in [0, 0.05) is 49.3 Å². The third-order valence-electron chi connectivity index (χ3n) is 4.97. The van der Waals surface area contributed by atoms with E-state index in [-0.39, 0.29) is 18.5 Å². The van der Waals surface area contributed by atoms with Crippen molar-refractivity contribution in [3.8, 4) is 0 Å². The van der Waals surface area contributed by atoms with E-state index in [1.807, 2.05) is 23.9 Å². The van der Waals surface area contributed by atoms with Crippen molar-refractivity contribution in [3.05, 3.63) is 35.4 Å². The molecule has 1 amide bonds. The van der Waals surface area contributed by atoms with Crippen LogP contribution in [0.25, 0.3) is 0 Å². The van der Waals surface area contributed by atoms with Crippen molar-refractivity contribution in [3.63, 3.8) is 0 Å². The van der Waals surface area contributed by atoms with E-state index in [4.69, 9.17) is 0 Å². The van der Waals surface area contributed by atoms with Crippen LogP contribution >= 0.6 is 11.8 Å². The van der Waals surface area contributed by atoms with Crippen LogP contribution in [-0.2, 0) is 6.54 Å². The van der Waals surface area contributed by atoms with Crippen LogP contribution in [0, 0.1) is 0 Å². The Morgan fingerprint density at radius 2 is 1.81 bits per heavy atom. The van der Waals surface area contributed by atoms with Gasteiger partial charge in [0.1, 0.15) is 0 Å². The van der Waals surface area contributed by atoms with Gasteiger partial charge < -0.3 is 5.32 Å². The van der Waals surface area contributed by atoms with Gasteiger partial charge in [-0.05, 0) is 37.1 Å². The van der Waals surface area contributed by atoms with E-state index in [1.165, 1.54) is 10.5 Å². The van der Waals surface area contributed by atoms with E-state index in [0.717, 1.165) is 31.1 Å². The molecule has 27 heavy (non-hydrogen) atoms. The molecule has 0 saturated carbocycles. The third kappa shape index (κ3) is 6.69. The highest BCUT2D eigenvalue weighted by atomic mass is 32.2. The monoisotopic (exact) mass is 401 g/mol. The normalized spacial score (nSPS) is 22.6. The lowest BCUT2D eigenvalue weighted by Gasteiger charge is -2.33. The molecule has 4 nitrogen and oxygen atoms in total. The highest BCUT2D eigenvalue weighted by Gasteiger charge is 2.33. The van der Waals surface area contributed by atoms with Crippen molar-refractivity contribution in [1.29, 1.82) is 0 Å². The lowest BCUT2D eigenvalue weighted by molar-refractivity contribution is -0.148. The second-order valence-electron chi connectivity index (χ2n) is 7.25. The molecule has 1 aromatic rings. The number of likely N-dealkylation sites (tertiary alicyclic amines) is 1. The van der Waals surface area contributed by atoms with Crippen molar-refractivity contribution >= 4 is 17.7 Å². The Bertz CT molecular complexity index is 618. The van der Waals surface area contributed by atoms with Crippen LogP contribution in [0.1, 0.15) is 28.8 Å². The molecule has 1 aromatic carbocycles. The van der Waals surface area contributed by atoms with E-state index in [0.29, 0.717) is 24.9 Å². The number of halogens is 3. The van der Waals surface area contributed by atoms with Crippen LogP contribution in [0.4, 0.5) is 13.2 Å². The zero-order chi connectivity index (χ0) is 19.3. The molecule has 2 aliphatic rings. The molecule has 3 rings (SSSR count). The Labute approximate surface area is 162 Å². The summed E-state index contributed by atoms with van der Waals surface area (Å²) < 4.78 is 37.7. The predicted molar refractivity (Wildman–Crippen MR) is 102 cm³/mol. The fraction of sp³-hybridized carbons (Fsp3) is 0.632. The summed E-state index contributed by atoms with van der Waals surface area (Å²) in [5.74, 6) is 2.11. The van der Waals surface area contributed by atoms with Crippen molar-refractivity contribution in [2.45, 2.75) is 31.6 Å². The van der Waals surface area contributed by atoms with Crippen molar-refractivity contribution < 1.29 is 18.0 Å². The minimum atomic E-state index is -4.20. The number of thioether (sulfide) groups is 1. The van der Waals surface area contributed by atoms with Gasteiger partial charge in [0.15, 0.2) is 0 Å². The van der Waals surface area contributed by atoms with E-state index in [1.54, 1.807) is 12.1 Å². The van der Waals surface area contributed by atoms with Crippen molar-refractivity contribution in [2.24, 2.45) is 0 Å². The van der Waals surface area contributed by atoms with Crippen molar-refractivity contribution in [1.82, 2.24) is 15.1 Å². The number of hydrogen-bond donors (Lipinski definition) is 1. The molecule has 8 heteroatoms. The summed E-state index contributed by atoms with van der Waals surface area (Å²) in [7, 11) is 0. The minimum absolute atomic E-state index is 0.213. The molecule has 2 saturated heterocycles. The molecule has 1 N–H and O–H groups in total. The number of nitrogens with zero attached hydrogens (tertiary/aromatic N) is 2. The minimum Gasteiger partial charge on any atom is -0.348 e. The molecule has 150 valence electrons. The summed E-state index contributed by atoms with van der Waals surface area (Å²) in [6.45, 7) is 2.82. The molecule has 0 aliphatic carbocycles. The first-order valence-corrected chi connectivity index (χ1v) is 10.5. The van der Waals surface area contributed by atoms with Crippen LogP contribution in [0.3, 0.4) is 0 Å². The summed E-state index contributed by atoms with van der Waals surface area (Å²) in [4.78, 5) is 16.2. The summed E-state index contributed by atoms with van der Waals surface area (Å²) in [6.07, 6.45) is -2.83. The fourth-order valence-electron chi connectivity index (χ4n) is 3.62. The van der Waals surface area contributed by atoms with Crippen LogP contribution in [-0.4, -0.2) is 72.2 Å². The first kappa shape index (κ1) is 20.5. The maximum absolute atomic E-state index is 12.6. The molecule has 2 heterocycles. The predicted octanol–water partition coefficient (Wildman–Crippen LogP) is 2.99. The quantitative estimate of drug-likeness (QED) is 0.823. The lowest BCUT2D eigenvalue weighted by atomic mass is 10.0. The summed E-state index contributed by atoms with van der Waals surface area (Å²) >= 11 is 1.97. The Hall–Kier alpha value is -1.25. The Morgan fingerprint density at radius 1 is 1.11 bits per heavy atom. The molecular weight excluding hydrogens is 375 g/mol. The number of alkyl halides is 3. The summed E-state index contributed by atoms with van der Waals surface area (Å²) in [5.41, 5.74) is 1.73. The van der Waals surface area contributed by atoms with E-state index < -0.39 is 12.7 Å². The molecule has 2 fully saturated rings. The van der Waals surface area contributed by atoms with Crippen molar-refractivity contribution in [2.75, 3.05) is 44.2 Å². The molecule has 1 unspecified atom stereocenters. The average Bonchev–Trinajstić information content (AvgIpc) is 2.62. The number of hydrogen-bond acceptors (Lipinski definition) is 4. The van der Waals surface area contributed by atoms with Gasteiger partial charge >= 0.3 is 6.18 Å². The van der Waals surface area contributed by atoms with Crippen LogP contribution in [0.5, 0.6) is 0 Å². The maximum atomic E-state index is 12.6. The number of piperidine rings is 1. The highest BCUT2D eigenvalue weighted by Crippen LogP contribution is 2.20. The molecule has 1 atom stereocenters. The molecule has 0 aromatic heterocycles. The van der Waals surface area contributed by atoms with Crippen LogP contribution in [0.2, 0.25) is 0 Å². The van der Waals surface area contributed by atoms with Crippen LogP contribution in [0.15, 0.2) is 24.3 Å². The zero-order valence-electron chi connectivity index (χ0n) is 15.3. The van der Waals surface area contributed by atoms with Gasteiger partial charge in [-0.15, -0.1) is 0 Å². The van der Waals surface area contributed by atoms with E-state index in [9.17, 15) is 18.0 Å². The van der Waals surface area contributed by atoms with Gasteiger partial charge in [-0.3, -0.25) is 14.6 Å². The summed E-state index contributed by atoms with van der Waals surface area (Å²) in [5, 5.41) is 2.89. The molecule has 0 spiro atoms. The van der Waals surface area contributed by atoms with Gasteiger partial charge in [0.2, 0.25) is 0 Å². The molecule has 0 bridgehead atoms. The molecular formula is C19H26F3N3OS. The fourth-order valence-corrected chi connectivity index (χ4v) is 4.60. The second kappa shape index (κ2) is 9.30. The SMILES string of the molecule is O=C(NC1CCCN(CC(F)(F)F)C1)c1ccc(CN2CCSCC2)cc1. The van der Waals surface area contributed by atoms with Gasteiger partial charge in [0.05, 0.1) is 6.54 Å². The number of carbonyl (C=O) groups is 1. The van der Waals surface area contributed by atoms with Crippen LogP contribution < -0.4 is 5.32 Å². The number of amides is 1. The first-order valence-electron chi connectivity index (χ1n) is 9.38. The lowest BCUT2D eigenvalue weighted by Crippen LogP contribution is -2.49. The maximum Gasteiger partial charge on any atom is 0.401 e. The van der Waals surface area contributed by atoms with Gasteiger partial charge in [-0.1, -0.05) is 12.1 Å². The Kier molecular flexibility index (Phi) is 7.05. The molecule has 2 aliphatic heterocycles. The Morgan fingerprint density at radius 3 is 2.48 bits per heavy atom. The highest BCUT2D eigenvalue weighted by molar-refractivity contribution is 7.99. The first-order chi connectivity index (χ1) is 12.9. The topological polar surface area (TPSA) is 35.6 Å². The van der Waals surface area contributed by atoms with Gasteiger partial charge in [-0.2, -0.15) is 24.9 Å². The molecule has 0 radical (unpaired) electrons. The summed E-state index contributed by atoms with van der Waals surface area (Å²) in [6, 6.07) is 7.31. The van der Waals surface area contributed by atoms with Gasteiger partial charge in [-0.25, -0.2) is 0 Å². The third-order valence-corrected chi connectivity index (χ3v) is 5.91. The number of nitrogens with one attached hydrogen (secondary N) is 1. The number of rotatable bonds is 5. The zero-order valence-corrected chi connectivity index (χ0v) is 16.1. The average molecular weight is 401 g/mol. The Balaban J connectivity index is 1.50. The second-order valence-corrected chi connectivity index (χ2v) is 8.47.